The average molecular weight is 466 g/mol. The van der Waals surface area contributed by atoms with Crippen molar-refractivity contribution in [2.45, 2.75) is 57.7 Å². The summed E-state index contributed by atoms with van der Waals surface area (Å²) in [6.45, 7) is 2.79. The van der Waals surface area contributed by atoms with Gasteiger partial charge in [0.25, 0.3) is 5.91 Å². The van der Waals surface area contributed by atoms with Crippen molar-refractivity contribution >= 4 is 22.5 Å². The molecule has 2 atom stereocenters. The van der Waals surface area contributed by atoms with Gasteiger partial charge in [-0.15, -0.1) is 0 Å². The summed E-state index contributed by atoms with van der Waals surface area (Å²) in [5, 5.41) is 12.0. The Morgan fingerprint density at radius 1 is 1.09 bits per heavy atom. The zero-order chi connectivity index (χ0) is 23.8. The van der Waals surface area contributed by atoms with Crippen LogP contribution in [0.1, 0.15) is 52.7 Å². The molecule has 2 aromatic heterocycles. The molecule has 35 heavy (non-hydrogen) atoms. The van der Waals surface area contributed by atoms with Gasteiger partial charge in [-0.2, -0.15) is 5.10 Å². The lowest BCUT2D eigenvalue weighted by atomic mass is 9.84. The Morgan fingerprint density at radius 2 is 1.89 bits per heavy atom. The van der Waals surface area contributed by atoms with E-state index in [1.165, 1.54) is 16.5 Å². The normalized spacial score (nSPS) is 21.4. The summed E-state index contributed by atoms with van der Waals surface area (Å²) in [4.78, 5) is 20.0. The minimum absolute atomic E-state index is 0.180. The van der Waals surface area contributed by atoms with Gasteiger partial charge in [0.05, 0.1) is 11.7 Å². The molecule has 0 radical (unpaired) electrons. The first-order chi connectivity index (χ1) is 17.2. The highest BCUT2D eigenvalue weighted by Gasteiger charge is 2.43. The minimum atomic E-state index is 0.180. The molecule has 2 saturated heterocycles. The van der Waals surface area contributed by atoms with Crippen LogP contribution in [-0.4, -0.2) is 38.1 Å². The van der Waals surface area contributed by atoms with E-state index in [2.05, 4.69) is 56.6 Å². The van der Waals surface area contributed by atoms with Gasteiger partial charge in [0, 0.05) is 47.7 Å². The van der Waals surface area contributed by atoms with Gasteiger partial charge >= 0.3 is 0 Å². The Bertz CT molecular complexity index is 1330. The van der Waals surface area contributed by atoms with Gasteiger partial charge in [-0.3, -0.25) is 14.9 Å². The number of nitrogens with zero attached hydrogens (tertiary/aromatic N) is 3. The molecule has 6 heteroatoms. The van der Waals surface area contributed by atoms with E-state index >= 15 is 0 Å². The van der Waals surface area contributed by atoms with Gasteiger partial charge in [0.15, 0.2) is 0 Å². The number of fused-ring (bicyclic) bond motifs is 3. The van der Waals surface area contributed by atoms with Gasteiger partial charge in [0.2, 0.25) is 0 Å². The van der Waals surface area contributed by atoms with Crippen molar-refractivity contribution in [2.75, 3.05) is 5.32 Å². The maximum atomic E-state index is 13.7. The monoisotopic (exact) mass is 465 g/mol. The van der Waals surface area contributed by atoms with Gasteiger partial charge in [-0.25, -0.2) is 0 Å². The van der Waals surface area contributed by atoms with Crippen molar-refractivity contribution < 1.29 is 4.79 Å². The Kier molecular flexibility index (Phi) is 5.72. The molecule has 2 aromatic carbocycles. The van der Waals surface area contributed by atoms with Crippen molar-refractivity contribution in [3.05, 3.63) is 89.4 Å². The number of carbonyl (C=O) groups excluding carboxylic acids is 1. The number of nitrogens with one attached hydrogen (secondary N) is 2. The number of amides is 1. The number of carbonyl (C=O) groups is 1. The highest BCUT2D eigenvalue weighted by molar-refractivity contribution is 5.96. The predicted molar refractivity (Wildman–Crippen MR) is 138 cm³/mol. The molecule has 2 fully saturated rings. The smallest absolute Gasteiger partial charge is 0.254 e. The summed E-state index contributed by atoms with van der Waals surface area (Å²) in [5.74, 6) is 0.785. The molecule has 2 aliphatic heterocycles. The summed E-state index contributed by atoms with van der Waals surface area (Å²) in [5.41, 5.74) is 6.58. The number of rotatable bonds is 6. The van der Waals surface area contributed by atoms with Crippen molar-refractivity contribution in [2.24, 2.45) is 5.92 Å². The zero-order valence-corrected chi connectivity index (χ0v) is 20.1. The van der Waals surface area contributed by atoms with Gasteiger partial charge in [0.1, 0.15) is 0 Å². The number of anilines is 1. The number of H-pyrrole nitrogens is 1. The second-order valence-electron chi connectivity index (χ2n) is 10.1. The molecule has 0 unspecified atom stereocenters. The number of aromatic nitrogens is 3. The van der Waals surface area contributed by atoms with Crippen LogP contribution >= 0.6 is 0 Å². The number of benzene rings is 2. The lowest BCUT2D eigenvalue weighted by molar-refractivity contribution is 0.0525. The molecule has 6 nitrogen and oxygen atoms in total. The molecule has 178 valence electrons. The van der Waals surface area contributed by atoms with E-state index in [1.807, 2.05) is 30.5 Å². The van der Waals surface area contributed by atoms with E-state index in [0.29, 0.717) is 24.5 Å². The Balaban J connectivity index is 1.16. The molecule has 1 amide bonds. The van der Waals surface area contributed by atoms with E-state index in [0.717, 1.165) is 54.4 Å². The van der Waals surface area contributed by atoms with Crippen LogP contribution in [-0.2, 0) is 13.0 Å². The summed E-state index contributed by atoms with van der Waals surface area (Å²) in [7, 11) is 0. The molecule has 4 aromatic rings. The van der Waals surface area contributed by atoms with Crippen LogP contribution in [0.3, 0.4) is 0 Å². The summed E-state index contributed by atoms with van der Waals surface area (Å²) in [6, 6.07) is 17.2. The van der Waals surface area contributed by atoms with E-state index in [1.54, 1.807) is 12.4 Å². The summed E-state index contributed by atoms with van der Waals surface area (Å²) < 4.78 is 0. The molecule has 4 heterocycles. The number of pyridine rings is 1. The van der Waals surface area contributed by atoms with Crippen LogP contribution in [0, 0.1) is 12.8 Å². The molecule has 0 saturated carbocycles. The topological polar surface area (TPSA) is 73.9 Å². The largest absolute Gasteiger partial charge is 0.381 e. The van der Waals surface area contributed by atoms with Gasteiger partial charge < -0.3 is 10.2 Å². The van der Waals surface area contributed by atoms with Crippen molar-refractivity contribution in [1.82, 2.24) is 20.1 Å². The maximum Gasteiger partial charge on any atom is 0.254 e. The first kappa shape index (κ1) is 21.8. The number of aryl methyl sites for hydroxylation is 1. The fourth-order valence-corrected chi connectivity index (χ4v) is 6.10. The minimum Gasteiger partial charge on any atom is -0.381 e. The second-order valence-corrected chi connectivity index (χ2v) is 10.1. The SMILES string of the molecule is Cc1ccc(C(=O)N2[C@H]3CC[C@H]2CC(Cc2cccc4[nH]ncc24)C3)cc1NCc1ccncc1. The molecule has 0 aliphatic carbocycles. The molecule has 0 spiro atoms. The molecular formula is C29H31N5O. The van der Waals surface area contributed by atoms with E-state index in [-0.39, 0.29) is 5.91 Å². The quantitative estimate of drug-likeness (QED) is 0.394. The van der Waals surface area contributed by atoms with Crippen LogP contribution in [0.4, 0.5) is 5.69 Å². The number of hydrogen-bond donors (Lipinski definition) is 2. The van der Waals surface area contributed by atoms with E-state index in [9.17, 15) is 4.79 Å². The third-order valence-corrected chi connectivity index (χ3v) is 7.87. The summed E-state index contributed by atoms with van der Waals surface area (Å²) >= 11 is 0. The second kappa shape index (κ2) is 9.17. The Morgan fingerprint density at radius 3 is 2.69 bits per heavy atom. The van der Waals surface area contributed by atoms with Crippen LogP contribution in [0.15, 0.2) is 67.1 Å². The van der Waals surface area contributed by atoms with Crippen LogP contribution in [0.2, 0.25) is 0 Å². The molecule has 2 N–H and O–H groups in total. The molecule has 2 bridgehead atoms. The highest BCUT2D eigenvalue weighted by atomic mass is 16.2. The Labute approximate surface area is 205 Å². The fourth-order valence-electron chi connectivity index (χ4n) is 6.10. The number of piperidine rings is 1. The van der Waals surface area contributed by atoms with E-state index in [4.69, 9.17) is 0 Å². The van der Waals surface area contributed by atoms with Crippen molar-refractivity contribution in [3.8, 4) is 0 Å². The van der Waals surface area contributed by atoms with Gasteiger partial charge in [-0.1, -0.05) is 18.2 Å². The Hall–Kier alpha value is -3.67. The van der Waals surface area contributed by atoms with Crippen molar-refractivity contribution in [3.63, 3.8) is 0 Å². The highest BCUT2D eigenvalue weighted by Crippen LogP contribution is 2.41. The first-order valence-electron chi connectivity index (χ1n) is 12.6. The first-order valence-corrected chi connectivity index (χ1v) is 12.6. The van der Waals surface area contributed by atoms with Gasteiger partial charge in [-0.05, 0) is 92.0 Å². The third-order valence-electron chi connectivity index (χ3n) is 7.87. The van der Waals surface area contributed by atoms with Crippen LogP contribution in [0.5, 0.6) is 0 Å². The third kappa shape index (κ3) is 4.29. The maximum absolute atomic E-state index is 13.7. The standard InChI is InChI=1S/C29H31N5O/c1-19-5-6-23(16-28(19)31-17-20-9-11-30-12-10-20)29(35)34-24-7-8-25(34)15-21(14-24)13-22-3-2-4-27-26(22)18-32-33-27/h2-6,9-12,16,18,21,24-25,31H,7-8,13-15,17H2,1H3,(H,32,33)/t24-,25-/m0/s1. The predicted octanol–water partition coefficient (Wildman–Crippen LogP) is 5.50. The number of hydrogen-bond acceptors (Lipinski definition) is 4. The van der Waals surface area contributed by atoms with E-state index < -0.39 is 0 Å². The fraction of sp³-hybridized carbons (Fsp3) is 0.345. The number of aromatic amines is 1. The lowest BCUT2D eigenvalue weighted by Crippen LogP contribution is -2.46. The van der Waals surface area contributed by atoms with Crippen LogP contribution < -0.4 is 5.32 Å². The zero-order valence-electron chi connectivity index (χ0n) is 20.1. The summed E-state index contributed by atoms with van der Waals surface area (Å²) in [6.07, 6.45) is 11.0. The lowest BCUT2D eigenvalue weighted by Gasteiger charge is -2.39. The molecule has 6 rings (SSSR count). The van der Waals surface area contributed by atoms with Crippen molar-refractivity contribution in [1.29, 1.82) is 0 Å². The molecular weight excluding hydrogens is 434 g/mol. The average Bonchev–Trinajstić information content (AvgIpc) is 3.47. The van der Waals surface area contributed by atoms with Crippen LogP contribution in [0.25, 0.3) is 10.9 Å². The molecule has 2 aliphatic rings.